The van der Waals surface area contributed by atoms with Crippen molar-refractivity contribution in [1.82, 2.24) is 26.6 Å². The van der Waals surface area contributed by atoms with Gasteiger partial charge in [0.25, 0.3) is 5.91 Å². The average molecular weight is 753 g/mol. The number of amides is 6. The molecule has 0 radical (unpaired) electrons. The van der Waals surface area contributed by atoms with Crippen LogP contribution in [0.15, 0.2) is 30.3 Å². The minimum atomic E-state index is -1.23. The molecule has 0 aromatic heterocycles. The van der Waals surface area contributed by atoms with E-state index < -0.39 is 72.1 Å². The third-order valence-electron chi connectivity index (χ3n) is 11.5. The maximum Gasteiger partial charge on any atom is 0.407 e. The normalized spacial score (nSPS) is 23.0. The van der Waals surface area contributed by atoms with E-state index in [1.165, 1.54) is 12.8 Å². The predicted molar refractivity (Wildman–Crippen MR) is 201 cm³/mol. The Balaban J connectivity index is 1.36. The minimum Gasteiger partial charge on any atom is -0.449 e. The van der Waals surface area contributed by atoms with Gasteiger partial charge in [-0.2, -0.15) is 0 Å². The van der Waals surface area contributed by atoms with Crippen molar-refractivity contribution in [1.29, 1.82) is 0 Å². The van der Waals surface area contributed by atoms with Crippen molar-refractivity contribution in [3.63, 3.8) is 0 Å². The third kappa shape index (κ3) is 11.8. The van der Waals surface area contributed by atoms with Crippen molar-refractivity contribution in [2.75, 3.05) is 13.2 Å². The number of benzene rings is 1. The van der Waals surface area contributed by atoms with Gasteiger partial charge in [-0.15, -0.1) is 0 Å². The molecular formula is C40H60N6O8. The Morgan fingerprint density at radius 2 is 1.50 bits per heavy atom. The Kier molecular flexibility index (Phi) is 15.9. The molecule has 1 aromatic carbocycles. The summed E-state index contributed by atoms with van der Waals surface area (Å²) in [6.45, 7) is 7.51. The highest BCUT2D eigenvalue weighted by atomic mass is 16.5. The number of hydrogen-bond acceptors (Lipinski definition) is 8. The van der Waals surface area contributed by atoms with Crippen molar-refractivity contribution in [3.05, 3.63) is 35.9 Å². The van der Waals surface area contributed by atoms with Crippen LogP contribution in [0.5, 0.6) is 0 Å². The van der Waals surface area contributed by atoms with Crippen LogP contribution in [0.2, 0.25) is 0 Å². The zero-order chi connectivity index (χ0) is 39.4. The largest absolute Gasteiger partial charge is 0.449 e. The predicted octanol–water partition coefficient (Wildman–Crippen LogP) is 3.19. The quantitative estimate of drug-likeness (QED) is 0.115. The summed E-state index contributed by atoms with van der Waals surface area (Å²) in [5, 5.41) is 13.1. The monoisotopic (exact) mass is 752 g/mol. The Morgan fingerprint density at radius 3 is 2.11 bits per heavy atom. The second-order valence-electron chi connectivity index (χ2n) is 15.9. The number of carbonyl (C=O) groups excluding carboxylic acids is 7. The first kappa shape index (κ1) is 42.3. The molecule has 1 aromatic rings. The van der Waals surface area contributed by atoms with Gasteiger partial charge in [-0.05, 0) is 86.0 Å². The lowest BCUT2D eigenvalue weighted by Crippen LogP contribution is -2.58. The van der Waals surface area contributed by atoms with E-state index in [9.17, 15) is 33.6 Å². The van der Waals surface area contributed by atoms with Crippen molar-refractivity contribution in [2.24, 2.45) is 41.2 Å². The Bertz CT molecular complexity index is 1480. The van der Waals surface area contributed by atoms with Gasteiger partial charge in [0.2, 0.25) is 29.4 Å². The number of fused-ring (bicyclic) bond motifs is 2. The zero-order valence-electron chi connectivity index (χ0n) is 32.2. The van der Waals surface area contributed by atoms with Crippen LogP contribution >= 0.6 is 0 Å². The molecule has 3 aliphatic carbocycles. The highest BCUT2D eigenvalue weighted by molar-refractivity contribution is 6.38. The van der Waals surface area contributed by atoms with Gasteiger partial charge in [0.15, 0.2) is 0 Å². The molecule has 298 valence electrons. The molecule has 54 heavy (non-hydrogen) atoms. The SMILES string of the molecule is CCCC(NC(=O)[C@H](CC(C)C)NC(=O)[C@@H](NC(=O)OCC1C2CCC(C2)C1C)C1CCCCC1)C(=O)C(=O)NCC(=O)N[C@H](C(N)=O)c1ccccc1. The molecule has 4 rings (SSSR count). The summed E-state index contributed by atoms with van der Waals surface area (Å²) in [5.41, 5.74) is 5.92. The summed E-state index contributed by atoms with van der Waals surface area (Å²) in [7, 11) is 0. The fourth-order valence-electron chi connectivity index (χ4n) is 8.57. The van der Waals surface area contributed by atoms with Gasteiger partial charge >= 0.3 is 6.09 Å². The summed E-state index contributed by atoms with van der Waals surface area (Å²) < 4.78 is 5.72. The van der Waals surface area contributed by atoms with Crippen LogP contribution in [-0.4, -0.2) is 72.7 Å². The topological polar surface area (TPSA) is 215 Å². The van der Waals surface area contributed by atoms with Crippen molar-refractivity contribution >= 4 is 41.4 Å². The Hall–Kier alpha value is -4.49. The molecule has 3 aliphatic rings. The highest BCUT2D eigenvalue weighted by Gasteiger charge is 2.45. The van der Waals surface area contributed by atoms with Crippen LogP contribution in [-0.2, 0) is 33.5 Å². The second kappa shape index (κ2) is 20.3. The number of carbonyl (C=O) groups is 7. The summed E-state index contributed by atoms with van der Waals surface area (Å²) in [6.07, 6.45) is 8.14. The molecule has 0 saturated heterocycles. The number of hydrogen-bond donors (Lipinski definition) is 6. The van der Waals surface area contributed by atoms with Crippen LogP contribution in [0, 0.1) is 35.5 Å². The van der Waals surface area contributed by atoms with Gasteiger partial charge in [-0.25, -0.2) is 4.79 Å². The first-order valence-corrected chi connectivity index (χ1v) is 19.8. The number of nitrogens with two attached hydrogens (primary N) is 1. The summed E-state index contributed by atoms with van der Waals surface area (Å²) in [6, 6.07) is 4.01. The van der Waals surface area contributed by atoms with Gasteiger partial charge in [0.05, 0.1) is 19.2 Å². The maximum absolute atomic E-state index is 13.9. The molecule has 14 nitrogen and oxygen atoms in total. The van der Waals surface area contributed by atoms with Crippen LogP contribution in [0.25, 0.3) is 0 Å². The fourth-order valence-corrected chi connectivity index (χ4v) is 8.57. The summed E-state index contributed by atoms with van der Waals surface area (Å²) in [5.74, 6) is -2.82. The second-order valence-corrected chi connectivity index (χ2v) is 15.9. The molecule has 0 heterocycles. The van der Waals surface area contributed by atoms with E-state index in [1.54, 1.807) is 37.3 Å². The zero-order valence-corrected chi connectivity index (χ0v) is 32.2. The number of ketones is 1. The molecule has 5 unspecified atom stereocenters. The van der Waals surface area contributed by atoms with Crippen LogP contribution in [0.1, 0.15) is 110 Å². The number of nitrogens with one attached hydrogen (secondary N) is 5. The summed E-state index contributed by atoms with van der Waals surface area (Å²) in [4.78, 5) is 91.6. The minimum absolute atomic E-state index is 0.0295. The molecule has 0 spiro atoms. The molecule has 2 bridgehead atoms. The van der Waals surface area contributed by atoms with Gasteiger partial charge in [-0.1, -0.05) is 83.7 Å². The molecule has 3 saturated carbocycles. The summed E-state index contributed by atoms with van der Waals surface area (Å²) >= 11 is 0. The molecule has 0 aliphatic heterocycles. The third-order valence-corrected chi connectivity index (χ3v) is 11.5. The van der Waals surface area contributed by atoms with Crippen molar-refractivity contribution < 1.29 is 38.3 Å². The van der Waals surface area contributed by atoms with Gasteiger partial charge in [0, 0.05) is 0 Å². The van der Waals surface area contributed by atoms with E-state index >= 15 is 0 Å². The lowest BCUT2D eigenvalue weighted by atomic mass is 9.81. The maximum atomic E-state index is 13.9. The Morgan fingerprint density at radius 1 is 0.833 bits per heavy atom. The van der Waals surface area contributed by atoms with Crippen LogP contribution < -0.4 is 32.3 Å². The molecule has 3 fully saturated rings. The standard InChI is InChI=1S/C40H60N6O8/c1-5-12-30(35(48)39(52)42-21-32(47)45-33(36(41)49)25-13-8-6-9-14-25)43-37(50)31(19-23(2)3)44-38(51)34(26-15-10-7-11-16-26)46-40(53)54-22-29-24(4)27-17-18-28(29)20-27/h6,8-9,13-14,23-24,26-31,33-34H,5,7,10-12,15-22H2,1-4H3,(H2,41,49)(H,42,52)(H,43,50)(H,44,51)(H,45,47)(H,46,53)/t24?,27?,28?,29?,30?,31-,33-,34-/m0/s1. The number of alkyl carbamates (subject to hydrolysis) is 1. The first-order chi connectivity index (χ1) is 25.8. The van der Waals surface area contributed by atoms with E-state index in [4.69, 9.17) is 10.5 Å². The Labute approximate surface area is 318 Å². The van der Waals surface area contributed by atoms with Gasteiger partial charge in [0.1, 0.15) is 18.1 Å². The molecule has 6 amide bonds. The molecular weight excluding hydrogens is 692 g/mol. The highest BCUT2D eigenvalue weighted by Crippen LogP contribution is 2.52. The van der Waals surface area contributed by atoms with E-state index in [-0.39, 0.29) is 24.7 Å². The number of Topliss-reactive ketones (excluding diaryl/α,β-unsaturated/α-hetero) is 1. The van der Waals surface area contributed by atoms with Gasteiger partial charge < -0.3 is 37.1 Å². The fraction of sp³-hybridized carbons (Fsp3) is 0.675. The van der Waals surface area contributed by atoms with E-state index in [2.05, 4.69) is 33.5 Å². The van der Waals surface area contributed by atoms with Crippen LogP contribution in [0.4, 0.5) is 4.79 Å². The lowest BCUT2D eigenvalue weighted by Gasteiger charge is -2.32. The van der Waals surface area contributed by atoms with E-state index in [1.807, 2.05) is 13.8 Å². The van der Waals surface area contributed by atoms with Crippen molar-refractivity contribution in [2.45, 2.75) is 122 Å². The molecule has 7 N–H and O–H groups in total. The molecule has 14 heteroatoms. The van der Waals surface area contributed by atoms with Crippen molar-refractivity contribution in [3.8, 4) is 0 Å². The lowest BCUT2D eigenvalue weighted by molar-refractivity contribution is -0.141. The number of ether oxygens (including phenoxy) is 1. The van der Waals surface area contributed by atoms with E-state index in [0.717, 1.165) is 38.5 Å². The first-order valence-electron chi connectivity index (χ1n) is 19.8. The molecule has 8 atom stereocenters. The van der Waals surface area contributed by atoms with E-state index in [0.29, 0.717) is 42.3 Å². The number of primary amides is 1. The van der Waals surface area contributed by atoms with Crippen LogP contribution in [0.3, 0.4) is 0 Å². The van der Waals surface area contributed by atoms with Gasteiger partial charge in [-0.3, -0.25) is 28.8 Å². The average Bonchev–Trinajstić information content (AvgIpc) is 3.75. The smallest absolute Gasteiger partial charge is 0.407 e. The number of rotatable bonds is 19.